The van der Waals surface area contributed by atoms with E-state index in [-0.39, 0.29) is 53.7 Å². The predicted octanol–water partition coefficient (Wildman–Crippen LogP) is 2.58. The van der Waals surface area contributed by atoms with Gasteiger partial charge in [-0.2, -0.15) is 0 Å². The number of hydrogen-bond donors (Lipinski definition) is 4. The van der Waals surface area contributed by atoms with Gasteiger partial charge in [0.25, 0.3) is 17.7 Å². The normalized spacial score (nSPS) is 18.4. The number of amides is 4. The Morgan fingerprint density at radius 1 is 1.05 bits per heavy atom. The molecule has 0 unspecified atom stereocenters. The number of rotatable bonds is 4. The molecule has 224 valence electrons. The number of nitrogens with zero attached hydrogens (tertiary/aromatic N) is 4. The first-order chi connectivity index (χ1) is 20.7. The lowest BCUT2D eigenvalue weighted by atomic mass is 10.0. The fourth-order valence-corrected chi connectivity index (χ4v) is 6.03. The third-order valence-corrected chi connectivity index (χ3v) is 8.28. The molecule has 4 aromatic rings. The maximum atomic E-state index is 13.3. The summed E-state index contributed by atoms with van der Waals surface area (Å²) in [5.74, 6) is -1.86. The number of carbonyl (C=O) groups excluding carboxylic acids is 4. The Balaban J connectivity index is 1.47. The molecule has 1 aliphatic rings. The quantitative estimate of drug-likeness (QED) is 0.265. The average molecular weight is 623 g/mol. The number of nitrogens with one attached hydrogen (secondary N) is 3. The molecule has 0 saturated heterocycles. The van der Waals surface area contributed by atoms with E-state index >= 15 is 0 Å². The van der Waals surface area contributed by atoms with Gasteiger partial charge in [0.05, 0.1) is 12.6 Å². The Morgan fingerprint density at radius 2 is 1.84 bits per heavy atom. The molecule has 4 amide bonds. The second kappa shape index (κ2) is 13.1. The van der Waals surface area contributed by atoms with Crippen molar-refractivity contribution in [2.75, 3.05) is 25.4 Å². The van der Waals surface area contributed by atoms with Crippen molar-refractivity contribution in [1.82, 2.24) is 35.8 Å². The van der Waals surface area contributed by atoms with Crippen LogP contribution in [0.4, 0.5) is 5.13 Å². The van der Waals surface area contributed by atoms with E-state index in [1.807, 2.05) is 44.2 Å². The molecule has 0 saturated carbocycles. The monoisotopic (exact) mass is 622 g/mol. The van der Waals surface area contributed by atoms with Crippen molar-refractivity contribution in [3.05, 3.63) is 80.9 Å². The van der Waals surface area contributed by atoms with Crippen molar-refractivity contribution in [1.29, 1.82) is 0 Å². The van der Waals surface area contributed by atoms with E-state index in [4.69, 9.17) is 10.2 Å². The summed E-state index contributed by atoms with van der Waals surface area (Å²) in [6.45, 7) is 3.58. The molecule has 4 heterocycles. The first kappa shape index (κ1) is 29.8. The molecule has 5 N–H and O–H groups in total. The number of hydrogen-bond acceptors (Lipinski definition) is 11. The van der Waals surface area contributed by atoms with Gasteiger partial charge >= 0.3 is 0 Å². The van der Waals surface area contributed by atoms with Gasteiger partial charge in [0.1, 0.15) is 28.7 Å². The van der Waals surface area contributed by atoms with Crippen LogP contribution in [0.5, 0.6) is 0 Å². The van der Waals surface area contributed by atoms with E-state index < -0.39 is 35.7 Å². The number of thiazole rings is 2. The van der Waals surface area contributed by atoms with E-state index in [2.05, 4.69) is 30.9 Å². The fourth-order valence-electron chi connectivity index (χ4n) is 4.47. The van der Waals surface area contributed by atoms with E-state index in [0.717, 1.165) is 16.9 Å². The Bertz CT molecular complexity index is 1620. The van der Waals surface area contributed by atoms with E-state index in [1.165, 1.54) is 27.9 Å². The van der Waals surface area contributed by atoms with Crippen LogP contribution >= 0.6 is 22.7 Å². The van der Waals surface area contributed by atoms with Gasteiger partial charge in [-0.15, -0.1) is 22.7 Å². The number of oxazole rings is 1. The Kier molecular flexibility index (Phi) is 9.11. The number of aromatic nitrogens is 3. The number of fused-ring (bicyclic) bond motifs is 4. The molecule has 1 aromatic carbocycles. The maximum Gasteiger partial charge on any atom is 0.273 e. The molecule has 43 heavy (non-hydrogen) atoms. The highest BCUT2D eigenvalue weighted by Gasteiger charge is 2.29. The molecule has 5 rings (SSSR count). The van der Waals surface area contributed by atoms with Gasteiger partial charge in [0, 0.05) is 30.3 Å². The van der Waals surface area contributed by atoms with Gasteiger partial charge in [0.2, 0.25) is 11.8 Å². The van der Waals surface area contributed by atoms with Gasteiger partial charge in [-0.05, 0) is 11.5 Å². The van der Waals surface area contributed by atoms with E-state index in [9.17, 15) is 19.2 Å². The highest BCUT2D eigenvalue weighted by molar-refractivity contribution is 7.13. The van der Waals surface area contributed by atoms with Gasteiger partial charge in [-0.25, -0.2) is 15.0 Å². The van der Waals surface area contributed by atoms with Crippen LogP contribution in [0.1, 0.15) is 73.9 Å². The second-order valence-electron chi connectivity index (χ2n) is 10.2. The summed E-state index contributed by atoms with van der Waals surface area (Å²) in [7, 11) is 0. The van der Waals surface area contributed by atoms with Crippen LogP contribution in [0.3, 0.4) is 0 Å². The largest absolute Gasteiger partial charge is 0.446 e. The highest BCUT2D eigenvalue weighted by atomic mass is 32.1. The Morgan fingerprint density at radius 3 is 2.56 bits per heavy atom. The Labute approximate surface area is 254 Å². The van der Waals surface area contributed by atoms with Crippen molar-refractivity contribution in [3.63, 3.8) is 0 Å². The third-order valence-electron chi connectivity index (χ3n) is 6.67. The maximum absolute atomic E-state index is 13.3. The first-order valence-electron chi connectivity index (χ1n) is 13.5. The zero-order valence-corrected chi connectivity index (χ0v) is 25.0. The first-order valence-corrected chi connectivity index (χ1v) is 15.3. The smallest absolute Gasteiger partial charge is 0.273 e. The third kappa shape index (κ3) is 7.24. The molecule has 4 bridgehead atoms. The van der Waals surface area contributed by atoms with E-state index in [0.29, 0.717) is 11.4 Å². The predicted molar refractivity (Wildman–Crippen MR) is 159 cm³/mol. The van der Waals surface area contributed by atoms with Crippen LogP contribution in [0.15, 0.2) is 51.8 Å². The van der Waals surface area contributed by atoms with Crippen LogP contribution in [0, 0.1) is 5.92 Å². The molecular weight excluding hydrogens is 592 g/mol. The topological polar surface area (TPSA) is 185 Å². The molecule has 13 nitrogen and oxygen atoms in total. The SMILES string of the molecule is CC(C)[C@@H]1NC(=O)CN(C(=O)c2csc(N)n2)CCNC(=O)c2coc(n2)[C@H](Cc2ccccc2)NC(=O)c2csc1n2. The summed E-state index contributed by atoms with van der Waals surface area (Å²) < 4.78 is 5.66. The minimum Gasteiger partial charge on any atom is -0.446 e. The molecule has 0 aliphatic carbocycles. The zero-order valence-electron chi connectivity index (χ0n) is 23.4. The van der Waals surface area contributed by atoms with Crippen molar-refractivity contribution in [2.24, 2.45) is 5.92 Å². The number of carbonyl (C=O) groups is 4. The van der Waals surface area contributed by atoms with Crippen LogP contribution in [-0.2, 0) is 11.2 Å². The number of nitrogen functional groups attached to an aromatic ring is 1. The lowest BCUT2D eigenvalue weighted by molar-refractivity contribution is -0.122. The minimum absolute atomic E-state index is 0.00189. The number of benzene rings is 1. The number of anilines is 1. The molecule has 0 spiro atoms. The summed E-state index contributed by atoms with van der Waals surface area (Å²) in [5.41, 5.74) is 6.91. The summed E-state index contributed by atoms with van der Waals surface area (Å²) in [4.78, 5) is 67.0. The van der Waals surface area contributed by atoms with Crippen LogP contribution in [-0.4, -0.2) is 63.1 Å². The van der Waals surface area contributed by atoms with Crippen molar-refractivity contribution in [3.8, 4) is 0 Å². The molecule has 0 radical (unpaired) electrons. The fraction of sp³-hybridized carbons (Fsp3) is 0.321. The van der Waals surface area contributed by atoms with Crippen LogP contribution in [0.2, 0.25) is 0 Å². The molecule has 2 atom stereocenters. The highest BCUT2D eigenvalue weighted by Crippen LogP contribution is 2.26. The average Bonchev–Trinajstić information content (AvgIpc) is 3.76. The lowest BCUT2D eigenvalue weighted by Crippen LogP contribution is -2.45. The summed E-state index contributed by atoms with van der Waals surface area (Å²) in [6, 6.07) is 8.28. The molecule has 3 aromatic heterocycles. The number of nitrogens with two attached hydrogens (primary N) is 1. The van der Waals surface area contributed by atoms with Crippen molar-refractivity contribution >= 4 is 51.4 Å². The Hall–Kier alpha value is -4.63. The van der Waals surface area contributed by atoms with Crippen molar-refractivity contribution in [2.45, 2.75) is 32.4 Å². The summed E-state index contributed by atoms with van der Waals surface area (Å²) in [6.07, 6.45) is 1.57. The second-order valence-corrected chi connectivity index (χ2v) is 12.0. The summed E-state index contributed by atoms with van der Waals surface area (Å²) in [5, 5.41) is 12.5. The molecule has 15 heteroatoms. The van der Waals surface area contributed by atoms with Crippen LogP contribution < -0.4 is 21.7 Å². The van der Waals surface area contributed by atoms with Gasteiger partial charge in [-0.1, -0.05) is 44.2 Å². The lowest BCUT2D eigenvalue weighted by Gasteiger charge is -2.25. The summed E-state index contributed by atoms with van der Waals surface area (Å²) >= 11 is 2.36. The molecule has 1 aliphatic heterocycles. The molecular formula is C28H30N8O5S2. The van der Waals surface area contributed by atoms with E-state index in [1.54, 1.807) is 5.38 Å². The standard InChI is InChI=1S/C28H30N8O5S2/c1-15(2)22-26-33-19(13-42-26)24(39)31-17(10-16-6-4-3-5-7-16)25-32-18(12-41-25)23(38)30-8-9-36(11-21(37)35-22)27(40)20-14-43-28(29)34-20/h3-7,12-15,17,22H,8-11H2,1-2H3,(H2,29,34)(H,30,38)(H,31,39)(H,35,37)/t17-,22-/m0/s1. The van der Waals surface area contributed by atoms with Crippen LogP contribution in [0.25, 0.3) is 0 Å². The van der Waals surface area contributed by atoms with Gasteiger partial charge < -0.3 is 31.0 Å². The molecule has 0 fully saturated rings. The van der Waals surface area contributed by atoms with Gasteiger partial charge in [0.15, 0.2) is 10.8 Å². The minimum atomic E-state index is -0.695. The zero-order chi connectivity index (χ0) is 30.5. The van der Waals surface area contributed by atoms with Crippen molar-refractivity contribution < 1.29 is 23.6 Å². The van der Waals surface area contributed by atoms with Gasteiger partial charge in [-0.3, -0.25) is 19.2 Å².